The van der Waals surface area contributed by atoms with Gasteiger partial charge >= 0.3 is 0 Å². The van der Waals surface area contributed by atoms with Crippen LogP contribution in [0.1, 0.15) is 47.5 Å². The molecule has 0 spiro atoms. The molecular weight excluding hydrogens is 172 g/mol. The molecule has 0 aromatic carbocycles. The smallest absolute Gasteiger partial charge is 0.0192 e. The Bertz CT molecular complexity index is 136. The Balaban J connectivity index is 3.77. The summed E-state index contributed by atoms with van der Waals surface area (Å²) < 4.78 is 0. The molecule has 0 aliphatic carbocycles. The lowest BCUT2D eigenvalue weighted by Crippen LogP contribution is -2.44. The average molecular weight is 200 g/mol. The summed E-state index contributed by atoms with van der Waals surface area (Å²) in [6.07, 6.45) is 2.43. The van der Waals surface area contributed by atoms with Gasteiger partial charge < -0.3 is 5.32 Å². The molecule has 0 bridgehead atoms. The summed E-state index contributed by atoms with van der Waals surface area (Å²) >= 11 is 0. The van der Waals surface area contributed by atoms with Crippen LogP contribution in [0.5, 0.6) is 0 Å². The van der Waals surface area contributed by atoms with E-state index in [-0.39, 0.29) is 0 Å². The van der Waals surface area contributed by atoms with Gasteiger partial charge in [0.15, 0.2) is 0 Å². The van der Waals surface area contributed by atoms with Crippen molar-refractivity contribution in [2.75, 3.05) is 13.6 Å². The molecule has 0 aliphatic rings. The van der Waals surface area contributed by atoms with Gasteiger partial charge in [0.25, 0.3) is 0 Å². The van der Waals surface area contributed by atoms with E-state index in [1.807, 2.05) is 0 Å². The second kappa shape index (κ2) is 7.24. The summed E-state index contributed by atoms with van der Waals surface area (Å²) in [5.74, 6) is 0. The van der Waals surface area contributed by atoms with E-state index in [2.05, 4.69) is 51.9 Å². The predicted octanol–water partition coefficient (Wildman–Crippen LogP) is 2.49. The second-order valence-corrected chi connectivity index (χ2v) is 4.49. The monoisotopic (exact) mass is 200 g/mol. The van der Waals surface area contributed by atoms with Crippen molar-refractivity contribution in [3.63, 3.8) is 0 Å². The first kappa shape index (κ1) is 13.9. The van der Waals surface area contributed by atoms with Crippen molar-refractivity contribution in [1.82, 2.24) is 10.2 Å². The van der Waals surface area contributed by atoms with Crippen LogP contribution in [0.3, 0.4) is 0 Å². The highest BCUT2D eigenvalue weighted by molar-refractivity contribution is 4.72. The van der Waals surface area contributed by atoms with Crippen molar-refractivity contribution in [2.24, 2.45) is 0 Å². The molecular formula is C12H28N2. The molecule has 1 N–H and O–H groups in total. The predicted molar refractivity (Wildman–Crippen MR) is 64.7 cm³/mol. The third-order valence-corrected chi connectivity index (χ3v) is 3.36. The van der Waals surface area contributed by atoms with Crippen LogP contribution in [0, 0.1) is 0 Å². The molecule has 0 aromatic rings. The van der Waals surface area contributed by atoms with Crippen LogP contribution in [0.4, 0.5) is 0 Å². The lowest BCUT2D eigenvalue weighted by atomic mass is 10.1. The Kier molecular flexibility index (Phi) is 7.20. The Morgan fingerprint density at radius 1 is 1.00 bits per heavy atom. The lowest BCUT2D eigenvalue weighted by molar-refractivity contribution is 0.185. The van der Waals surface area contributed by atoms with E-state index in [9.17, 15) is 0 Å². The van der Waals surface area contributed by atoms with E-state index in [1.54, 1.807) is 0 Å². The number of nitrogens with one attached hydrogen (secondary N) is 1. The maximum absolute atomic E-state index is 3.55. The molecule has 0 heterocycles. The zero-order valence-corrected chi connectivity index (χ0v) is 10.8. The largest absolute Gasteiger partial charge is 0.313 e. The molecule has 0 amide bonds. The van der Waals surface area contributed by atoms with E-state index >= 15 is 0 Å². The van der Waals surface area contributed by atoms with Crippen LogP contribution >= 0.6 is 0 Å². The fourth-order valence-corrected chi connectivity index (χ4v) is 1.38. The van der Waals surface area contributed by atoms with Crippen LogP contribution in [0.2, 0.25) is 0 Å². The normalized spacial score (nSPS) is 18.2. The maximum Gasteiger partial charge on any atom is 0.0192 e. The SMILES string of the molecule is CCC(C)NCC(C)N(C)C(C)CC. The van der Waals surface area contributed by atoms with Gasteiger partial charge in [-0.2, -0.15) is 0 Å². The standard InChI is InChI=1S/C12H28N2/c1-7-10(3)13-9-12(5)14(6)11(4)8-2/h10-13H,7-9H2,1-6H3. The first-order chi connectivity index (χ1) is 6.52. The Labute approximate surface area is 90.1 Å². The fraction of sp³-hybridized carbons (Fsp3) is 1.00. The highest BCUT2D eigenvalue weighted by Gasteiger charge is 2.14. The molecule has 0 fully saturated rings. The van der Waals surface area contributed by atoms with Gasteiger partial charge in [-0.05, 0) is 40.7 Å². The minimum atomic E-state index is 0.624. The average Bonchev–Trinajstić information content (AvgIpc) is 2.22. The summed E-state index contributed by atoms with van der Waals surface area (Å²) in [7, 11) is 2.22. The quantitative estimate of drug-likeness (QED) is 0.679. The molecule has 0 saturated carbocycles. The van der Waals surface area contributed by atoms with Gasteiger partial charge in [0.2, 0.25) is 0 Å². The third kappa shape index (κ3) is 4.97. The molecule has 0 rings (SSSR count). The lowest BCUT2D eigenvalue weighted by Gasteiger charge is -2.31. The topological polar surface area (TPSA) is 15.3 Å². The molecule has 2 nitrogen and oxygen atoms in total. The molecule has 14 heavy (non-hydrogen) atoms. The molecule has 0 aliphatic heterocycles. The first-order valence-electron chi connectivity index (χ1n) is 5.98. The number of nitrogens with zero attached hydrogens (tertiary/aromatic N) is 1. The van der Waals surface area contributed by atoms with Crippen molar-refractivity contribution < 1.29 is 0 Å². The third-order valence-electron chi connectivity index (χ3n) is 3.36. The van der Waals surface area contributed by atoms with Crippen LogP contribution in [-0.4, -0.2) is 36.6 Å². The maximum atomic E-state index is 3.55. The number of likely N-dealkylation sites (N-methyl/N-ethyl adjacent to an activating group) is 1. The summed E-state index contributed by atoms with van der Waals surface area (Å²) in [6.45, 7) is 12.4. The van der Waals surface area contributed by atoms with Gasteiger partial charge in [-0.15, -0.1) is 0 Å². The van der Waals surface area contributed by atoms with Crippen molar-refractivity contribution in [2.45, 2.75) is 65.6 Å². The van der Waals surface area contributed by atoms with Crippen LogP contribution in [-0.2, 0) is 0 Å². The van der Waals surface area contributed by atoms with Crippen LogP contribution in [0.15, 0.2) is 0 Å². The van der Waals surface area contributed by atoms with Crippen molar-refractivity contribution in [1.29, 1.82) is 0 Å². The minimum absolute atomic E-state index is 0.624. The van der Waals surface area contributed by atoms with Crippen molar-refractivity contribution in [3.05, 3.63) is 0 Å². The second-order valence-electron chi connectivity index (χ2n) is 4.49. The molecule has 2 heteroatoms. The highest BCUT2D eigenvalue weighted by Crippen LogP contribution is 2.05. The molecule has 3 atom stereocenters. The number of hydrogen-bond donors (Lipinski definition) is 1. The fourth-order valence-electron chi connectivity index (χ4n) is 1.38. The van der Waals surface area contributed by atoms with Crippen LogP contribution < -0.4 is 5.32 Å². The van der Waals surface area contributed by atoms with Gasteiger partial charge in [-0.3, -0.25) is 4.90 Å². The van der Waals surface area contributed by atoms with E-state index < -0.39 is 0 Å². The zero-order valence-electron chi connectivity index (χ0n) is 10.8. The van der Waals surface area contributed by atoms with Crippen molar-refractivity contribution >= 4 is 0 Å². The molecule has 0 radical (unpaired) electrons. The zero-order chi connectivity index (χ0) is 11.1. The number of rotatable bonds is 7. The first-order valence-corrected chi connectivity index (χ1v) is 5.98. The van der Waals surface area contributed by atoms with E-state index in [0.29, 0.717) is 18.1 Å². The molecule has 0 aromatic heterocycles. The molecule has 0 saturated heterocycles. The van der Waals surface area contributed by atoms with Gasteiger partial charge in [0.1, 0.15) is 0 Å². The summed E-state index contributed by atoms with van der Waals surface area (Å²) in [5.41, 5.74) is 0. The van der Waals surface area contributed by atoms with Gasteiger partial charge in [0.05, 0.1) is 0 Å². The molecule has 86 valence electrons. The summed E-state index contributed by atoms with van der Waals surface area (Å²) in [6, 6.07) is 1.95. The Morgan fingerprint density at radius 3 is 2.00 bits per heavy atom. The molecule has 3 unspecified atom stereocenters. The van der Waals surface area contributed by atoms with Crippen LogP contribution in [0.25, 0.3) is 0 Å². The van der Waals surface area contributed by atoms with Gasteiger partial charge in [-0.1, -0.05) is 13.8 Å². The van der Waals surface area contributed by atoms with Gasteiger partial charge in [0, 0.05) is 24.7 Å². The van der Waals surface area contributed by atoms with E-state index in [4.69, 9.17) is 0 Å². The Morgan fingerprint density at radius 2 is 1.57 bits per heavy atom. The summed E-state index contributed by atoms with van der Waals surface area (Å²) in [5, 5.41) is 3.55. The minimum Gasteiger partial charge on any atom is -0.313 e. The van der Waals surface area contributed by atoms with E-state index in [0.717, 1.165) is 6.54 Å². The highest BCUT2D eigenvalue weighted by atomic mass is 15.2. The Hall–Kier alpha value is -0.0800. The van der Waals surface area contributed by atoms with E-state index in [1.165, 1.54) is 12.8 Å². The van der Waals surface area contributed by atoms with Gasteiger partial charge in [-0.25, -0.2) is 0 Å². The number of hydrogen-bond acceptors (Lipinski definition) is 2. The summed E-state index contributed by atoms with van der Waals surface area (Å²) in [4.78, 5) is 2.45. The van der Waals surface area contributed by atoms with Crippen molar-refractivity contribution in [3.8, 4) is 0 Å².